The van der Waals surface area contributed by atoms with Crippen LogP contribution in [0.1, 0.15) is 16.7 Å². The Labute approximate surface area is 166 Å². The van der Waals surface area contributed by atoms with Gasteiger partial charge in [0.05, 0.1) is 7.05 Å². The van der Waals surface area contributed by atoms with E-state index in [-0.39, 0.29) is 12.2 Å². The number of benzene rings is 3. The minimum absolute atomic E-state index is 0.0918. The molecule has 2 saturated heterocycles. The Morgan fingerprint density at radius 1 is 0.714 bits per heavy atom. The maximum Gasteiger partial charge on any atom is 0.223 e. The molecule has 142 valence electrons. The molecule has 1 unspecified atom stereocenters. The Hall–Kier alpha value is -2.46. The number of ether oxygens (including phenoxy) is 2. The van der Waals surface area contributed by atoms with E-state index in [2.05, 4.69) is 85.9 Å². The molecule has 3 atom stereocenters. The maximum atomic E-state index is 6.74. The highest BCUT2D eigenvalue weighted by molar-refractivity contribution is 5.35. The largest absolute Gasteiger partial charge is 0.330 e. The number of nitrogens with zero attached hydrogens (tertiary/aromatic N) is 1. The lowest BCUT2D eigenvalue weighted by molar-refractivity contribution is -0.914. The van der Waals surface area contributed by atoms with E-state index in [0.717, 1.165) is 35.2 Å². The lowest BCUT2D eigenvalue weighted by atomic mass is 9.97. The second-order valence-corrected chi connectivity index (χ2v) is 8.29. The van der Waals surface area contributed by atoms with Crippen molar-refractivity contribution in [3.63, 3.8) is 0 Å². The van der Waals surface area contributed by atoms with Crippen molar-refractivity contribution in [3.05, 3.63) is 108 Å². The van der Waals surface area contributed by atoms with Crippen molar-refractivity contribution in [2.45, 2.75) is 24.5 Å². The lowest BCUT2D eigenvalue weighted by Crippen LogP contribution is -2.44. The zero-order chi connectivity index (χ0) is 19.0. The fourth-order valence-electron chi connectivity index (χ4n) is 4.77. The van der Waals surface area contributed by atoms with Crippen molar-refractivity contribution in [1.29, 1.82) is 0 Å². The number of hydrogen-bond acceptors (Lipinski definition) is 2. The zero-order valence-corrected chi connectivity index (χ0v) is 16.2. The van der Waals surface area contributed by atoms with Gasteiger partial charge in [-0.3, -0.25) is 0 Å². The van der Waals surface area contributed by atoms with Gasteiger partial charge in [-0.25, -0.2) is 0 Å². The first-order valence-corrected chi connectivity index (χ1v) is 10.0. The van der Waals surface area contributed by atoms with Gasteiger partial charge in [0.1, 0.15) is 31.8 Å². The Morgan fingerprint density at radius 3 is 1.61 bits per heavy atom. The average Bonchev–Trinajstić information content (AvgIpc) is 3.22. The fourth-order valence-corrected chi connectivity index (χ4v) is 4.77. The van der Waals surface area contributed by atoms with E-state index in [4.69, 9.17) is 9.47 Å². The Balaban J connectivity index is 1.43. The molecular formula is C25H26NO2+. The van der Waals surface area contributed by atoms with E-state index >= 15 is 0 Å². The van der Waals surface area contributed by atoms with Crippen molar-refractivity contribution in [3.8, 4) is 0 Å². The molecule has 0 amide bonds. The third kappa shape index (κ3) is 3.06. The van der Waals surface area contributed by atoms with Crippen LogP contribution in [0.4, 0.5) is 0 Å². The Bertz CT molecular complexity index is 871. The highest BCUT2D eigenvalue weighted by Gasteiger charge is 2.57. The fraction of sp³-hybridized carbons (Fsp3) is 0.280. The molecule has 3 nitrogen and oxygen atoms in total. The van der Waals surface area contributed by atoms with Crippen LogP contribution < -0.4 is 0 Å². The number of rotatable bonds is 4. The van der Waals surface area contributed by atoms with Crippen LogP contribution in [0.15, 0.2) is 91.0 Å². The van der Waals surface area contributed by atoms with Crippen LogP contribution >= 0.6 is 0 Å². The lowest BCUT2D eigenvalue weighted by Gasteiger charge is -2.35. The summed E-state index contributed by atoms with van der Waals surface area (Å²) in [6.45, 7) is 2.92. The summed E-state index contributed by atoms with van der Waals surface area (Å²) >= 11 is 0. The van der Waals surface area contributed by atoms with Crippen LogP contribution in [0.25, 0.3) is 0 Å². The first-order valence-electron chi connectivity index (χ1n) is 10.0. The molecule has 3 heteroatoms. The second kappa shape index (κ2) is 6.85. The standard InChI is InChI=1S/C25H26NO2/c1-26(17-20-11-5-2-6-12-20)18-23-24(19-26)28-25(27-23,21-13-7-3-8-14-21)22-15-9-4-10-16-22/h2-16,23-24H,17-19H2,1H3/q+1/t23-,24+,26?. The highest BCUT2D eigenvalue weighted by Crippen LogP contribution is 2.46. The predicted molar refractivity (Wildman–Crippen MR) is 109 cm³/mol. The van der Waals surface area contributed by atoms with Crippen LogP contribution in [0.3, 0.4) is 0 Å². The van der Waals surface area contributed by atoms with Gasteiger partial charge in [-0.15, -0.1) is 0 Å². The molecule has 28 heavy (non-hydrogen) atoms. The van der Waals surface area contributed by atoms with Crippen LogP contribution in [0, 0.1) is 0 Å². The molecule has 0 N–H and O–H groups in total. The molecule has 0 aromatic heterocycles. The van der Waals surface area contributed by atoms with Crippen LogP contribution in [0.2, 0.25) is 0 Å². The highest BCUT2D eigenvalue weighted by atomic mass is 16.8. The van der Waals surface area contributed by atoms with Crippen molar-refractivity contribution in [2.24, 2.45) is 0 Å². The second-order valence-electron chi connectivity index (χ2n) is 8.29. The zero-order valence-electron chi connectivity index (χ0n) is 16.2. The van der Waals surface area contributed by atoms with Gasteiger partial charge >= 0.3 is 0 Å². The number of hydrogen-bond donors (Lipinski definition) is 0. The number of fused-ring (bicyclic) bond motifs is 1. The minimum Gasteiger partial charge on any atom is -0.330 e. The quantitative estimate of drug-likeness (QED) is 0.635. The van der Waals surface area contributed by atoms with Gasteiger partial charge in [-0.2, -0.15) is 0 Å². The summed E-state index contributed by atoms with van der Waals surface area (Å²) in [6, 6.07) is 31.4. The number of likely N-dealkylation sites (N-methyl/N-ethyl adjacent to an activating group) is 1. The molecular weight excluding hydrogens is 346 g/mol. The van der Waals surface area contributed by atoms with E-state index in [1.165, 1.54) is 5.56 Å². The third-order valence-corrected chi connectivity index (χ3v) is 6.01. The first kappa shape index (κ1) is 17.6. The van der Waals surface area contributed by atoms with Crippen LogP contribution in [-0.4, -0.2) is 36.8 Å². The van der Waals surface area contributed by atoms with Crippen molar-refractivity contribution < 1.29 is 14.0 Å². The molecule has 2 aliphatic rings. The van der Waals surface area contributed by atoms with Crippen molar-refractivity contribution in [1.82, 2.24) is 0 Å². The summed E-state index contributed by atoms with van der Waals surface area (Å²) < 4.78 is 14.4. The van der Waals surface area contributed by atoms with Gasteiger partial charge in [-0.1, -0.05) is 91.0 Å². The molecule has 5 rings (SSSR count). The Morgan fingerprint density at radius 2 is 1.14 bits per heavy atom. The van der Waals surface area contributed by atoms with Crippen LogP contribution in [-0.2, 0) is 21.8 Å². The van der Waals surface area contributed by atoms with Gasteiger partial charge in [0.25, 0.3) is 0 Å². The number of likely N-dealkylation sites (tertiary alicyclic amines) is 1. The van der Waals surface area contributed by atoms with Gasteiger partial charge in [-0.05, 0) is 0 Å². The third-order valence-electron chi connectivity index (χ3n) is 6.01. The van der Waals surface area contributed by atoms with Crippen molar-refractivity contribution in [2.75, 3.05) is 20.1 Å². The van der Waals surface area contributed by atoms with Crippen molar-refractivity contribution >= 4 is 0 Å². The molecule has 0 spiro atoms. The Kier molecular flexibility index (Phi) is 4.31. The molecule has 2 fully saturated rings. The molecule has 0 bridgehead atoms. The van der Waals surface area contributed by atoms with E-state index in [9.17, 15) is 0 Å². The van der Waals surface area contributed by atoms with E-state index in [0.29, 0.717) is 0 Å². The molecule has 2 aliphatic heterocycles. The first-order chi connectivity index (χ1) is 13.7. The predicted octanol–water partition coefficient (Wildman–Crippen LogP) is 4.33. The summed E-state index contributed by atoms with van der Waals surface area (Å²) in [5, 5.41) is 0. The SMILES string of the molecule is C[N+]1(Cc2ccccc2)C[C@@H]2OC(c3ccccc3)(c3ccccc3)O[C@@H]2C1. The van der Waals surface area contributed by atoms with E-state index in [1.807, 2.05) is 12.1 Å². The molecule has 3 aromatic carbocycles. The molecule has 3 aromatic rings. The molecule has 0 saturated carbocycles. The summed E-state index contributed by atoms with van der Waals surface area (Å²) in [5.74, 6) is -0.810. The monoisotopic (exact) mass is 372 g/mol. The van der Waals surface area contributed by atoms with Crippen LogP contribution in [0.5, 0.6) is 0 Å². The van der Waals surface area contributed by atoms with Gasteiger partial charge in [0.15, 0.2) is 0 Å². The molecule has 0 aliphatic carbocycles. The smallest absolute Gasteiger partial charge is 0.223 e. The summed E-state index contributed by atoms with van der Waals surface area (Å²) in [7, 11) is 2.31. The van der Waals surface area contributed by atoms with Gasteiger partial charge < -0.3 is 14.0 Å². The normalized spacial score (nSPS) is 28.2. The van der Waals surface area contributed by atoms with Gasteiger partial charge in [0, 0.05) is 16.7 Å². The van der Waals surface area contributed by atoms with Gasteiger partial charge in [0.2, 0.25) is 5.79 Å². The minimum atomic E-state index is -0.810. The summed E-state index contributed by atoms with van der Waals surface area (Å²) in [6.07, 6.45) is 0.184. The average molecular weight is 372 g/mol. The summed E-state index contributed by atoms with van der Waals surface area (Å²) in [5.41, 5.74) is 3.49. The number of quaternary nitrogens is 1. The molecule has 0 radical (unpaired) electrons. The van der Waals surface area contributed by atoms with E-state index in [1.54, 1.807) is 0 Å². The maximum absolute atomic E-state index is 6.74. The molecule has 2 heterocycles. The summed E-state index contributed by atoms with van der Waals surface area (Å²) in [4.78, 5) is 0. The van der Waals surface area contributed by atoms with E-state index < -0.39 is 5.79 Å². The topological polar surface area (TPSA) is 18.5 Å².